The molecule has 2 rings (SSSR count). The fraction of sp³-hybridized carbons (Fsp3) is 0.500. The van der Waals surface area contributed by atoms with E-state index < -0.39 is 0 Å². The van der Waals surface area contributed by atoms with Crippen molar-refractivity contribution in [2.24, 2.45) is 11.7 Å². The Balaban J connectivity index is 1.94. The second-order valence-electron chi connectivity index (χ2n) is 4.79. The van der Waals surface area contributed by atoms with Gasteiger partial charge < -0.3 is 10.5 Å². The highest BCUT2D eigenvalue weighted by molar-refractivity contribution is 7.80. The van der Waals surface area contributed by atoms with E-state index in [0.29, 0.717) is 22.4 Å². The number of benzene rings is 1. The van der Waals surface area contributed by atoms with Crippen LogP contribution in [0.15, 0.2) is 18.2 Å². The van der Waals surface area contributed by atoms with Crippen molar-refractivity contribution >= 4 is 28.8 Å². The van der Waals surface area contributed by atoms with Crippen LogP contribution in [-0.4, -0.2) is 11.6 Å². The van der Waals surface area contributed by atoms with E-state index >= 15 is 0 Å². The van der Waals surface area contributed by atoms with Crippen molar-refractivity contribution in [3.63, 3.8) is 0 Å². The summed E-state index contributed by atoms with van der Waals surface area (Å²) in [6, 6.07) is 5.38. The van der Waals surface area contributed by atoms with Crippen molar-refractivity contribution < 1.29 is 4.74 Å². The molecule has 1 fully saturated rings. The first kappa shape index (κ1) is 13.6. The quantitative estimate of drug-likeness (QED) is 0.832. The molecule has 1 saturated carbocycles. The first-order valence-electron chi connectivity index (χ1n) is 6.39. The number of hydrogen-bond donors (Lipinski definition) is 1. The Morgan fingerprint density at radius 1 is 1.39 bits per heavy atom. The molecule has 0 saturated heterocycles. The monoisotopic (exact) mass is 283 g/mol. The van der Waals surface area contributed by atoms with Crippen LogP contribution in [0.2, 0.25) is 5.02 Å². The Morgan fingerprint density at radius 3 is 2.78 bits per heavy atom. The summed E-state index contributed by atoms with van der Waals surface area (Å²) in [7, 11) is 0. The number of rotatable bonds is 5. The van der Waals surface area contributed by atoms with Gasteiger partial charge >= 0.3 is 0 Å². The zero-order valence-electron chi connectivity index (χ0n) is 10.3. The Labute approximate surface area is 118 Å². The lowest BCUT2D eigenvalue weighted by Gasteiger charge is -2.13. The van der Waals surface area contributed by atoms with E-state index in [9.17, 15) is 0 Å². The van der Waals surface area contributed by atoms with Crippen LogP contribution in [0.3, 0.4) is 0 Å². The van der Waals surface area contributed by atoms with E-state index in [4.69, 9.17) is 34.3 Å². The van der Waals surface area contributed by atoms with Crippen molar-refractivity contribution in [2.75, 3.05) is 6.61 Å². The van der Waals surface area contributed by atoms with E-state index in [1.54, 1.807) is 12.1 Å². The van der Waals surface area contributed by atoms with Gasteiger partial charge in [-0.05, 0) is 30.5 Å². The minimum absolute atomic E-state index is 0.350. The van der Waals surface area contributed by atoms with Crippen molar-refractivity contribution in [3.05, 3.63) is 28.8 Å². The predicted molar refractivity (Wildman–Crippen MR) is 79.4 cm³/mol. The first-order valence-corrected chi connectivity index (χ1v) is 7.17. The highest BCUT2D eigenvalue weighted by atomic mass is 35.5. The summed E-state index contributed by atoms with van der Waals surface area (Å²) in [6.07, 6.45) is 6.49. The van der Waals surface area contributed by atoms with Crippen molar-refractivity contribution in [1.29, 1.82) is 0 Å². The lowest BCUT2D eigenvalue weighted by Crippen LogP contribution is -2.12. The van der Waals surface area contributed by atoms with Crippen LogP contribution < -0.4 is 10.5 Å². The van der Waals surface area contributed by atoms with Gasteiger partial charge in [0.25, 0.3) is 0 Å². The summed E-state index contributed by atoms with van der Waals surface area (Å²) in [5.41, 5.74) is 6.43. The van der Waals surface area contributed by atoms with Gasteiger partial charge in [0.05, 0.1) is 12.2 Å². The van der Waals surface area contributed by atoms with E-state index in [0.717, 1.165) is 17.9 Å². The molecule has 0 radical (unpaired) electrons. The van der Waals surface area contributed by atoms with Crippen LogP contribution in [-0.2, 0) is 0 Å². The van der Waals surface area contributed by atoms with Crippen LogP contribution in [0.5, 0.6) is 5.75 Å². The summed E-state index contributed by atoms with van der Waals surface area (Å²) in [5, 5.41) is 0.644. The molecule has 98 valence electrons. The van der Waals surface area contributed by atoms with Gasteiger partial charge in [0, 0.05) is 5.02 Å². The standard InChI is InChI=1S/C14H18ClNOS/c15-11-5-6-12(14(16)18)13(9-11)17-8-7-10-3-1-2-4-10/h5-6,9-10H,1-4,7-8H2,(H2,16,18). The maximum Gasteiger partial charge on any atom is 0.130 e. The average Bonchev–Trinajstić information content (AvgIpc) is 2.82. The SMILES string of the molecule is NC(=S)c1ccc(Cl)cc1OCCC1CCCC1. The molecule has 0 spiro atoms. The van der Waals surface area contributed by atoms with Crippen molar-refractivity contribution in [1.82, 2.24) is 0 Å². The lowest BCUT2D eigenvalue weighted by atomic mass is 10.1. The fourth-order valence-electron chi connectivity index (χ4n) is 2.45. The molecule has 0 amide bonds. The van der Waals surface area contributed by atoms with Gasteiger partial charge in [-0.2, -0.15) is 0 Å². The van der Waals surface area contributed by atoms with Gasteiger partial charge in [0.1, 0.15) is 10.7 Å². The van der Waals surface area contributed by atoms with E-state index in [-0.39, 0.29) is 0 Å². The normalized spacial score (nSPS) is 15.8. The minimum atomic E-state index is 0.350. The van der Waals surface area contributed by atoms with Crippen LogP contribution >= 0.6 is 23.8 Å². The Hall–Kier alpha value is -0.800. The van der Waals surface area contributed by atoms with Crippen LogP contribution in [0.1, 0.15) is 37.7 Å². The topological polar surface area (TPSA) is 35.2 Å². The molecule has 2 N–H and O–H groups in total. The third-order valence-electron chi connectivity index (χ3n) is 3.47. The number of halogens is 1. The van der Waals surface area contributed by atoms with Gasteiger partial charge in [-0.25, -0.2) is 0 Å². The zero-order chi connectivity index (χ0) is 13.0. The zero-order valence-corrected chi connectivity index (χ0v) is 11.9. The molecule has 4 heteroatoms. The number of hydrogen-bond acceptors (Lipinski definition) is 2. The van der Waals surface area contributed by atoms with Gasteiger partial charge in [0.15, 0.2) is 0 Å². The summed E-state index contributed by atoms with van der Waals surface area (Å²) >= 11 is 11.0. The van der Waals surface area contributed by atoms with Gasteiger partial charge in [0.2, 0.25) is 0 Å². The summed E-state index contributed by atoms with van der Waals surface area (Å²) in [4.78, 5) is 0.350. The Kier molecular flexibility index (Phi) is 4.84. The molecule has 0 heterocycles. The molecule has 1 aromatic carbocycles. The fourth-order valence-corrected chi connectivity index (χ4v) is 2.78. The predicted octanol–water partition coefficient (Wildman–Crippen LogP) is 3.93. The van der Waals surface area contributed by atoms with Gasteiger partial charge in [-0.15, -0.1) is 0 Å². The lowest BCUT2D eigenvalue weighted by molar-refractivity contribution is 0.279. The molecule has 2 nitrogen and oxygen atoms in total. The van der Waals surface area contributed by atoms with Gasteiger partial charge in [-0.1, -0.05) is 49.5 Å². The average molecular weight is 284 g/mol. The molecular formula is C14H18ClNOS. The van der Waals surface area contributed by atoms with Crippen molar-refractivity contribution in [2.45, 2.75) is 32.1 Å². The molecule has 0 aromatic heterocycles. The molecule has 0 aliphatic heterocycles. The maximum absolute atomic E-state index is 5.96. The molecule has 0 unspecified atom stereocenters. The molecule has 18 heavy (non-hydrogen) atoms. The largest absolute Gasteiger partial charge is 0.493 e. The molecule has 0 atom stereocenters. The summed E-state index contributed by atoms with van der Waals surface area (Å²) < 4.78 is 5.79. The second-order valence-corrected chi connectivity index (χ2v) is 5.67. The summed E-state index contributed by atoms with van der Waals surface area (Å²) in [5.74, 6) is 1.52. The third kappa shape index (κ3) is 3.59. The van der Waals surface area contributed by atoms with Gasteiger partial charge in [-0.3, -0.25) is 0 Å². The van der Waals surface area contributed by atoms with Crippen LogP contribution in [0, 0.1) is 5.92 Å². The highest BCUT2D eigenvalue weighted by Gasteiger charge is 2.15. The van der Waals surface area contributed by atoms with Crippen LogP contribution in [0.25, 0.3) is 0 Å². The third-order valence-corrected chi connectivity index (χ3v) is 3.92. The maximum atomic E-state index is 5.96. The number of thiocarbonyl (C=S) groups is 1. The Morgan fingerprint density at radius 2 is 2.11 bits per heavy atom. The van der Waals surface area contributed by atoms with E-state index in [2.05, 4.69) is 0 Å². The highest BCUT2D eigenvalue weighted by Crippen LogP contribution is 2.28. The number of ether oxygens (including phenoxy) is 1. The van der Waals surface area contributed by atoms with E-state index in [1.165, 1.54) is 25.7 Å². The van der Waals surface area contributed by atoms with Crippen LogP contribution in [0.4, 0.5) is 0 Å². The molecular weight excluding hydrogens is 266 g/mol. The molecule has 0 bridgehead atoms. The molecule has 1 aliphatic rings. The Bertz CT molecular complexity index is 430. The first-order chi connectivity index (χ1) is 8.66. The van der Waals surface area contributed by atoms with E-state index in [1.807, 2.05) is 6.07 Å². The van der Waals surface area contributed by atoms with Crippen molar-refractivity contribution in [3.8, 4) is 5.75 Å². The summed E-state index contributed by atoms with van der Waals surface area (Å²) in [6.45, 7) is 0.709. The molecule has 1 aromatic rings. The molecule has 1 aliphatic carbocycles. The number of nitrogens with two attached hydrogens (primary N) is 1. The second kappa shape index (κ2) is 6.39. The smallest absolute Gasteiger partial charge is 0.130 e. The minimum Gasteiger partial charge on any atom is -0.493 e.